The highest BCUT2D eigenvalue weighted by Crippen LogP contribution is 2.32. The van der Waals surface area contributed by atoms with Gasteiger partial charge in [-0.1, -0.05) is 42.8 Å². The number of nitrogens with zero attached hydrogens (tertiary/aromatic N) is 2. The van der Waals surface area contributed by atoms with Crippen molar-refractivity contribution in [3.05, 3.63) is 95.1 Å². The van der Waals surface area contributed by atoms with Crippen molar-refractivity contribution in [2.75, 3.05) is 26.2 Å². The first-order valence-electron chi connectivity index (χ1n) is 13.0. The topological polar surface area (TPSA) is 127 Å². The summed E-state index contributed by atoms with van der Waals surface area (Å²) < 4.78 is 0. The zero-order valence-electron chi connectivity index (χ0n) is 21.4. The molecule has 4 N–H and O–H groups in total. The molecule has 9 nitrogen and oxygen atoms in total. The number of carboxylic acid groups (broad SMARTS) is 1. The fraction of sp³-hybridized carbons (Fsp3) is 0.233. The van der Waals surface area contributed by atoms with E-state index in [1.54, 1.807) is 30.3 Å². The fourth-order valence-corrected chi connectivity index (χ4v) is 4.77. The van der Waals surface area contributed by atoms with Crippen LogP contribution in [0.25, 0.3) is 10.9 Å². The van der Waals surface area contributed by atoms with E-state index in [1.165, 1.54) is 31.4 Å². The zero-order valence-corrected chi connectivity index (χ0v) is 21.4. The summed E-state index contributed by atoms with van der Waals surface area (Å²) in [7, 11) is 0. The number of fused-ring (bicyclic) bond motifs is 1. The number of nitrogens with one attached hydrogen (secondary N) is 2. The highest BCUT2D eigenvalue weighted by atomic mass is 16.7. The standard InChI is InChI=1S/C30H30N4O5/c35-28(33-39-18-17-34-15-5-2-6-16-34)21-9-12-23(13-10-21)31-27(20-7-3-1-4-8-20)26-24-14-11-22(30(37)38)19-25(24)32-29(26)36/h1,3-4,7-14,19,32,36H,2,5-6,15-18H2,(H,33,35)(H,37,38). The Morgan fingerprint density at radius 3 is 2.36 bits per heavy atom. The van der Waals surface area contributed by atoms with Crippen molar-refractivity contribution in [3.8, 4) is 5.88 Å². The molecule has 200 valence electrons. The van der Waals surface area contributed by atoms with Crippen molar-refractivity contribution in [2.24, 2.45) is 4.99 Å². The molecule has 2 heterocycles. The van der Waals surface area contributed by atoms with Gasteiger partial charge in [-0.05, 0) is 62.3 Å². The Hall–Kier alpha value is -4.47. The van der Waals surface area contributed by atoms with E-state index in [1.807, 2.05) is 30.3 Å². The number of hydroxylamine groups is 1. The van der Waals surface area contributed by atoms with Gasteiger partial charge < -0.3 is 20.1 Å². The number of piperidine rings is 1. The van der Waals surface area contributed by atoms with Gasteiger partial charge in [-0.25, -0.2) is 15.3 Å². The number of H-pyrrole nitrogens is 1. The summed E-state index contributed by atoms with van der Waals surface area (Å²) in [5, 5.41) is 20.8. The number of carbonyl (C=O) groups excluding carboxylic acids is 1. The first-order chi connectivity index (χ1) is 19.0. The third-order valence-electron chi connectivity index (χ3n) is 6.80. The lowest BCUT2D eigenvalue weighted by molar-refractivity contribution is 0.0206. The Morgan fingerprint density at radius 2 is 1.64 bits per heavy atom. The molecule has 39 heavy (non-hydrogen) atoms. The fourth-order valence-electron chi connectivity index (χ4n) is 4.77. The zero-order chi connectivity index (χ0) is 27.2. The molecule has 1 amide bonds. The van der Waals surface area contributed by atoms with Crippen LogP contribution >= 0.6 is 0 Å². The van der Waals surface area contributed by atoms with Crippen LogP contribution in [0, 0.1) is 0 Å². The highest BCUT2D eigenvalue weighted by molar-refractivity contribution is 6.22. The molecule has 5 rings (SSSR count). The van der Waals surface area contributed by atoms with E-state index < -0.39 is 5.97 Å². The van der Waals surface area contributed by atoms with Crippen LogP contribution < -0.4 is 5.48 Å². The summed E-state index contributed by atoms with van der Waals surface area (Å²) in [6.07, 6.45) is 3.69. The predicted molar refractivity (Wildman–Crippen MR) is 149 cm³/mol. The molecule has 0 bridgehead atoms. The number of aliphatic imine (C=N–C) groups is 1. The van der Waals surface area contributed by atoms with Gasteiger partial charge in [0.25, 0.3) is 5.91 Å². The molecule has 0 atom stereocenters. The van der Waals surface area contributed by atoms with Crippen LogP contribution in [0.3, 0.4) is 0 Å². The first-order valence-corrected chi connectivity index (χ1v) is 13.0. The lowest BCUT2D eigenvalue weighted by Gasteiger charge is -2.25. The average Bonchev–Trinajstić information content (AvgIpc) is 3.30. The van der Waals surface area contributed by atoms with Crippen LogP contribution in [0.4, 0.5) is 5.69 Å². The molecule has 9 heteroatoms. The number of aromatic amines is 1. The van der Waals surface area contributed by atoms with Crippen LogP contribution in [-0.2, 0) is 4.84 Å². The molecule has 0 unspecified atom stereocenters. The Labute approximate surface area is 225 Å². The van der Waals surface area contributed by atoms with Gasteiger partial charge in [0.15, 0.2) is 5.88 Å². The number of carbonyl (C=O) groups is 2. The Kier molecular flexibility index (Phi) is 8.00. The van der Waals surface area contributed by atoms with Gasteiger partial charge in [0, 0.05) is 28.6 Å². The molecule has 0 saturated carbocycles. The normalized spacial score (nSPS) is 14.4. The minimum atomic E-state index is -1.05. The van der Waals surface area contributed by atoms with Crippen molar-refractivity contribution in [2.45, 2.75) is 19.3 Å². The second-order valence-corrected chi connectivity index (χ2v) is 9.47. The minimum absolute atomic E-state index is 0.109. The smallest absolute Gasteiger partial charge is 0.335 e. The Morgan fingerprint density at radius 1 is 0.923 bits per heavy atom. The number of benzene rings is 3. The second-order valence-electron chi connectivity index (χ2n) is 9.47. The SMILES string of the molecule is O=C(O)c1ccc2c(C(=Nc3ccc(C(=O)NOCCN4CCCCC4)cc3)c3ccccc3)c(O)[nH]c2c1. The van der Waals surface area contributed by atoms with Crippen LogP contribution in [0.1, 0.15) is 51.1 Å². The summed E-state index contributed by atoms with van der Waals surface area (Å²) in [6.45, 7) is 3.36. The van der Waals surface area contributed by atoms with Crippen LogP contribution in [0.5, 0.6) is 5.88 Å². The number of rotatable bonds is 9. The van der Waals surface area contributed by atoms with E-state index in [0.29, 0.717) is 40.0 Å². The number of carboxylic acids is 1. The van der Waals surface area contributed by atoms with E-state index in [2.05, 4.69) is 15.4 Å². The maximum Gasteiger partial charge on any atom is 0.335 e. The van der Waals surface area contributed by atoms with Crippen molar-refractivity contribution in [1.82, 2.24) is 15.4 Å². The summed E-state index contributed by atoms with van der Waals surface area (Å²) >= 11 is 0. The highest BCUT2D eigenvalue weighted by Gasteiger charge is 2.20. The van der Waals surface area contributed by atoms with E-state index in [0.717, 1.165) is 25.2 Å². The maximum absolute atomic E-state index is 12.5. The third kappa shape index (κ3) is 6.17. The molecule has 0 spiro atoms. The molecule has 4 aromatic rings. The van der Waals surface area contributed by atoms with Crippen molar-refractivity contribution >= 4 is 34.2 Å². The van der Waals surface area contributed by atoms with Gasteiger partial charge in [0.2, 0.25) is 0 Å². The maximum atomic E-state index is 12.5. The van der Waals surface area contributed by atoms with Gasteiger partial charge >= 0.3 is 5.97 Å². The quantitative estimate of drug-likeness (QED) is 0.140. The Bertz CT molecular complexity index is 1490. The number of aromatic hydroxyl groups is 1. The Balaban J connectivity index is 1.36. The number of amides is 1. The molecule has 0 radical (unpaired) electrons. The molecular weight excluding hydrogens is 496 g/mol. The molecule has 1 aliphatic heterocycles. The average molecular weight is 527 g/mol. The minimum Gasteiger partial charge on any atom is -0.494 e. The lowest BCUT2D eigenvalue weighted by atomic mass is 10.00. The summed E-state index contributed by atoms with van der Waals surface area (Å²) in [5.74, 6) is -1.51. The van der Waals surface area contributed by atoms with Gasteiger partial charge in [-0.3, -0.25) is 9.63 Å². The van der Waals surface area contributed by atoms with Gasteiger partial charge in [0.05, 0.1) is 29.1 Å². The van der Waals surface area contributed by atoms with Gasteiger partial charge in [-0.15, -0.1) is 0 Å². The van der Waals surface area contributed by atoms with Crippen molar-refractivity contribution < 1.29 is 24.6 Å². The molecular formula is C30H30N4O5. The molecule has 1 aromatic heterocycles. The largest absolute Gasteiger partial charge is 0.494 e. The molecule has 1 saturated heterocycles. The molecule has 1 fully saturated rings. The third-order valence-corrected chi connectivity index (χ3v) is 6.80. The number of hydrogen-bond acceptors (Lipinski definition) is 6. The van der Waals surface area contributed by atoms with E-state index in [4.69, 9.17) is 9.83 Å². The van der Waals surface area contributed by atoms with Crippen LogP contribution in [0.2, 0.25) is 0 Å². The van der Waals surface area contributed by atoms with Crippen molar-refractivity contribution in [3.63, 3.8) is 0 Å². The second kappa shape index (κ2) is 11.9. The van der Waals surface area contributed by atoms with E-state index >= 15 is 0 Å². The molecule has 3 aromatic carbocycles. The van der Waals surface area contributed by atoms with E-state index in [-0.39, 0.29) is 17.4 Å². The lowest BCUT2D eigenvalue weighted by Crippen LogP contribution is -2.35. The van der Waals surface area contributed by atoms with Gasteiger partial charge in [0.1, 0.15) is 0 Å². The monoisotopic (exact) mass is 526 g/mol. The van der Waals surface area contributed by atoms with Gasteiger partial charge in [-0.2, -0.15) is 0 Å². The van der Waals surface area contributed by atoms with Crippen molar-refractivity contribution in [1.29, 1.82) is 0 Å². The summed E-state index contributed by atoms with van der Waals surface area (Å²) in [6, 6.07) is 20.8. The number of aromatic nitrogens is 1. The molecule has 1 aliphatic rings. The van der Waals surface area contributed by atoms with E-state index in [9.17, 15) is 19.8 Å². The number of hydrogen-bond donors (Lipinski definition) is 4. The van der Waals surface area contributed by atoms with Crippen LogP contribution in [-0.4, -0.2) is 63.9 Å². The summed E-state index contributed by atoms with van der Waals surface area (Å²) in [5.41, 5.74) is 5.83. The first kappa shape index (κ1) is 26.1. The molecule has 0 aliphatic carbocycles. The van der Waals surface area contributed by atoms with Crippen LogP contribution in [0.15, 0.2) is 77.8 Å². The predicted octanol–water partition coefficient (Wildman–Crippen LogP) is 4.89. The number of aromatic carboxylic acids is 1. The summed E-state index contributed by atoms with van der Waals surface area (Å²) in [4.78, 5) is 39.4. The number of likely N-dealkylation sites (tertiary alicyclic amines) is 1.